The second kappa shape index (κ2) is 17.0. The molecule has 3 rings (SSSR count). The van der Waals surface area contributed by atoms with Crippen molar-refractivity contribution in [3.63, 3.8) is 0 Å². The monoisotopic (exact) mass is 610 g/mol. The fraction of sp³-hybridized carbons (Fsp3) is 0.312. The second-order valence-electron chi connectivity index (χ2n) is 9.20. The van der Waals surface area contributed by atoms with E-state index < -0.39 is 41.5 Å². The lowest BCUT2D eigenvalue weighted by Gasteiger charge is -2.40. The van der Waals surface area contributed by atoms with Crippen molar-refractivity contribution in [2.24, 2.45) is 0 Å². The minimum Gasteiger partial charge on any atom is -0.461 e. The van der Waals surface area contributed by atoms with Gasteiger partial charge in [-0.15, -0.1) is 0 Å². The zero-order chi connectivity index (χ0) is 31.8. The number of aliphatic hydroxyl groups is 3. The number of hydrogen-bond donors (Lipinski definition) is 3. The van der Waals surface area contributed by atoms with Crippen LogP contribution in [0.5, 0.6) is 0 Å². The highest BCUT2D eigenvalue weighted by Gasteiger charge is 2.64. The van der Waals surface area contributed by atoms with Gasteiger partial charge in [0.1, 0.15) is 19.8 Å². The molecule has 44 heavy (non-hydrogen) atoms. The Morgan fingerprint density at radius 3 is 1.34 bits per heavy atom. The van der Waals surface area contributed by atoms with Gasteiger partial charge >= 0.3 is 17.9 Å². The highest BCUT2D eigenvalue weighted by atomic mass is 16.6. The lowest BCUT2D eigenvalue weighted by molar-refractivity contribution is -0.221. The van der Waals surface area contributed by atoms with E-state index in [0.29, 0.717) is 0 Å². The SMILES string of the molecule is O=C(OCCOCCOC(=O)C(O)(c1ccccc1)C(O)(C(=O)OCCOCCO)c1ccccc1)C(=O)c1ccccc1. The van der Waals surface area contributed by atoms with E-state index in [1.54, 1.807) is 30.3 Å². The molecule has 0 spiro atoms. The molecule has 12 nitrogen and oxygen atoms in total. The summed E-state index contributed by atoms with van der Waals surface area (Å²) in [4.78, 5) is 51.0. The Kier molecular flexibility index (Phi) is 13.1. The molecule has 0 saturated carbocycles. The van der Waals surface area contributed by atoms with Crippen LogP contribution in [0.1, 0.15) is 21.5 Å². The molecule has 0 radical (unpaired) electrons. The molecule has 3 aromatic carbocycles. The van der Waals surface area contributed by atoms with E-state index in [0.717, 1.165) is 0 Å². The molecule has 12 heteroatoms. The van der Waals surface area contributed by atoms with Gasteiger partial charge < -0.3 is 39.0 Å². The van der Waals surface area contributed by atoms with Crippen molar-refractivity contribution in [3.05, 3.63) is 108 Å². The standard InChI is InChI=1S/C32H34O12/c33-16-17-40-19-22-43-29(36)31(38,25-12-6-2-7-13-25)32(39,26-14-8-3-9-15-26)30(37)44-23-20-41-18-21-42-28(35)27(34)24-10-4-1-5-11-24/h1-15,33,38-39H,16-23H2. The maximum Gasteiger partial charge on any atom is 0.379 e. The number of benzene rings is 3. The molecule has 0 heterocycles. The van der Waals surface area contributed by atoms with Gasteiger partial charge in [0.25, 0.3) is 5.78 Å². The molecule has 0 aliphatic carbocycles. The van der Waals surface area contributed by atoms with E-state index in [2.05, 4.69) is 0 Å². The third-order valence-electron chi connectivity index (χ3n) is 6.34. The van der Waals surface area contributed by atoms with Crippen LogP contribution in [-0.4, -0.2) is 91.9 Å². The van der Waals surface area contributed by atoms with E-state index >= 15 is 0 Å². The van der Waals surface area contributed by atoms with E-state index in [1.165, 1.54) is 60.7 Å². The number of ketones is 1. The Hall–Kier alpha value is -4.46. The van der Waals surface area contributed by atoms with E-state index in [9.17, 15) is 29.4 Å². The topological polar surface area (TPSA) is 175 Å². The average Bonchev–Trinajstić information content (AvgIpc) is 3.07. The van der Waals surface area contributed by atoms with Gasteiger partial charge in [-0.25, -0.2) is 14.4 Å². The Morgan fingerprint density at radius 1 is 0.523 bits per heavy atom. The molecule has 0 bridgehead atoms. The van der Waals surface area contributed by atoms with Crippen LogP contribution in [-0.2, 0) is 49.3 Å². The quantitative estimate of drug-likeness (QED) is 0.0620. The van der Waals surface area contributed by atoms with Crippen LogP contribution in [0.2, 0.25) is 0 Å². The van der Waals surface area contributed by atoms with Crippen LogP contribution < -0.4 is 0 Å². The van der Waals surface area contributed by atoms with Crippen LogP contribution >= 0.6 is 0 Å². The summed E-state index contributed by atoms with van der Waals surface area (Å²) in [6.07, 6.45) is 0. The zero-order valence-electron chi connectivity index (χ0n) is 23.8. The summed E-state index contributed by atoms with van der Waals surface area (Å²) in [6.45, 7) is -1.71. The summed E-state index contributed by atoms with van der Waals surface area (Å²) >= 11 is 0. The minimum atomic E-state index is -2.98. The number of carbonyl (C=O) groups excluding carboxylic acids is 4. The molecule has 0 saturated heterocycles. The Morgan fingerprint density at radius 2 is 0.909 bits per heavy atom. The summed E-state index contributed by atoms with van der Waals surface area (Å²) in [5.41, 5.74) is -6.06. The van der Waals surface area contributed by atoms with Crippen molar-refractivity contribution in [1.29, 1.82) is 0 Å². The summed E-state index contributed by atoms with van der Waals surface area (Å²) < 4.78 is 25.8. The molecule has 3 aromatic rings. The Balaban J connectivity index is 1.67. The van der Waals surface area contributed by atoms with Gasteiger partial charge in [0.2, 0.25) is 11.2 Å². The van der Waals surface area contributed by atoms with Crippen molar-refractivity contribution in [1.82, 2.24) is 0 Å². The van der Waals surface area contributed by atoms with Crippen molar-refractivity contribution in [3.8, 4) is 0 Å². The molecule has 0 aliphatic heterocycles. The van der Waals surface area contributed by atoms with Crippen LogP contribution in [0.25, 0.3) is 0 Å². The van der Waals surface area contributed by atoms with Crippen LogP contribution in [0.15, 0.2) is 91.0 Å². The number of ether oxygens (including phenoxy) is 5. The predicted octanol–water partition coefficient (Wildman–Crippen LogP) is 1.30. The fourth-order valence-electron chi connectivity index (χ4n) is 4.14. The van der Waals surface area contributed by atoms with Crippen molar-refractivity contribution in [2.45, 2.75) is 11.2 Å². The molecule has 0 fully saturated rings. The first kappa shape index (κ1) is 34.0. The van der Waals surface area contributed by atoms with E-state index in [4.69, 9.17) is 28.8 Å². The van der Waals surface area contributed by atoms with E-state index in [1.807, 2.05) is 0 Å². The Bertz CT molecular complexity index is 1350. The number of carbonyl (C=O) groups is 4. The van der Waals surface area contributed by atoms with Crippen LogP contribution in [0.3, 0.4) is 0 Å². The first-order chi connectivity index (χ1) is 21.3. The van der Waals surface area contributed by atoms with Gasteiger partial charge in [0.05, 0.1) is 33.0 Å². The van der Waals surface area contributed by atoms with Crippen molar-refractivity contribution < 1.29 is 58.2 Å². The number of rotatable bonds is 18. The average molecular weight is 611 g/mol. The molecule has 234 valence electrons. The molecule has 0 amide bonds. The number of Topliss-reactive ketones (excluding diaryl/α,β-unsaturated/α-hetero) is 1. The third kappa shape index (κ3) is 8.34. The number of esters is 3. The second-order valence-corrected chi connectivity index (χ2v) is 9.20. The summed E-state index contributed by atoms with van der Waals surface area (Å²) in [7, 11) is 0. The third-order valence-corrected chi connectivity index (χ3v) is 6.34. The highest BCUT2D eigenvalue weighted by Crippen LogP contribution is 2.43. The smallest absolute Gasteiger partial charge is 0.379 e. The zero-order valence-corrected chi connectivity index (χ0v) is 23.8. The first-order valence-corrected chi connectivity index (χ1v) is 13.7. The van der Waals surface area contributed by atoms with Crippen molar-refractivity contribution >= 4 is 23.7 Å². The van der Waals surface area contributed by atoms with Gasteiger partial charge in [0, 0.05) is 5.56 Å². The lowest BCUT2D eigenvalue weighted by Crippen LogP contribution is -2.60. The van der Waals surface area contributed by atoms with Gasteiger partial charge in [-0.05, 0) is 11.1 Å². The Labute approximate surface area is 253 Å². The molecule has 2 unspecified atom stereocenters. The molecule has 2 atom stereocenters. The van der Waals surface area contributed by atoms with Gasteiger partial charge in [-0.2, -0.15) is 0 Å². The highest BCUT2D eigenvalue weighted by molar-refractivity contribution is 6.40. The summed E-state index contributed by atoms with van der Waals surface area (Å²) in [6, 6.07) is 22.5. The van der Waals surface area contributed by atoms with Gasteiger partial charge in [-0.1, -0.05) is 91.0 Å². The maximum atomic E-state index is 13.5. The van der Waals surface area contributed by atoms with Gasteiger partial charge in [0.15, 0.2) is 0 Å². The number of hydrogen-bond acceptors (Lipinski definition) is 12. The number of aliphatic hydroxyl groups excluding tert-OH is 1. The van der Waals surface area contributed by atoms with Crippen molar-refractivity contribution in [2.75, 3.05) is 52.9 Å². The van der Waals surface area contributed by atoms with E-state index in [-0.39, 0.29) is 62.9 Å². The molecule has 0 aromatic heterocycles. The molecule has 3 N–H and O–H groups in total. The summed E-state index contributed by atoms with van der Waals surface area (Å²) in [5, 5.41) is 32.8. The summed E-state index contributed by atoms with van der Waals surface area (Å²) in [5.74, 6) is -4.57. The maximum absolute atomic E-state index is 13.5. The lowest BCUT2D eigenvalue weighted by atomic mass is 9.73. The fourth-order valence-corrected chi connectivity index (χ4v) is 4.14. The van der Waals surface area contributed by atoms with Gasteiger partial charge in [-0.3, -0.25) is 4.79 Å². The van der Waals surface area contributed by atoms with Crippen LogP contribution in [0.4, 0.5) is 0 Å². The normalized spacial score (nSPS) is 13.6. The van der Waals surface area contributed by atoms with Crippen LogP contribution in [0, 0.1) is 0 Å². The molecule has 0 aliphatic rings. The molecular formula is C32H34O12. The predicted molar refractivity (Wildman–Crippen MR) is 153 cm³/mol. The first-order valence-electron chi connectivity index (χ1n) is 13.7. The molecular weight excluding hydrogens is 576 g/mol. The minimum absolute atomic E-state index is 0.00288. The largest absolute Gasteiger partial charge is 0.461 e.